The third-order valence-corrected chi connectivity index (χ3v) is 4.48. The number of hydrogen-bond donors (Lipinski definition) is 5. The Bertz CT molecular complexity index is 669. The standard InChI is InChI=1S/C19H27NO9/c1-10(2)13(20-19(26)28-8-11-6-4-3-5-7-11)17(24)27-9-12-14(21)15(22)16(23)18(25)29-12/h3-7,10,12-16,18,21-23,25H,8-9H2,1-2H3,(H,20,26)/t12?,13-,14+,15?,16?,18+/m1/s1. The second-order valence-corrected chi connectivity index (χ2v) is 7.09. The molecule has 6 atom stereocenters. The smallest absolute Gasteiger partial charge is 0.408 e. The average Bonchev–Trinajstić information content (AvgIpc) is 2.70. The number of amides is 1. The van der Waals surface area contributed by atoms with E-state index in [9.17, 15) is 30.0 Å². The Kier molecular flexibility index (Phi) is 8.35. The fourth-order valence-electron chi connectivity index (χ4n) is 2.71. The summed E-state index contributed by atoms with van der Waals surface area (Å²) in [5.74, 6) is -1.13. The second-order valence-electron chi connectivity index (χ2n) is 7.09. The molecule has 10 nitrogen and oxygen atoms in total. The van der Waals surface area contributed by atoms with Gasteiger partial charge in [0.15, 0.2) is 6.29 Å². The van der Waals surface area contributed by atoms with Crippen molar-refractivity contribution >= 4 is 12.1 Å². The van der Waals surface area contributed by atoms with Gasteiger partial charge in [-0.2, -0.15) is 0 Å². The highest BCUT2D eigenvalue weighted by Gasteiger charge is 2.43. The van der Waals surface area contributed by atoms with Crippen LogP contribution in [0.2, 0.25) is 0 Å². The first kappa shape index (κ1) is 23.0. The third-order valence-electron chi connectivity index (χ3n) is 4.48. The SMILES string of the molecule is CC(C)[C@@H](NC(=O)OCc1ccccc1)C(=O)OCC1O[C@H](O)C(O)C(O)[C@H]1O. The van der Waals surface area contributed by atoms with E-state index >= 15 is 0 Å². The molecular weight excluding hydrogens is 386 g/mol. The Morgan fingerprint density at radius 2 is 1.69 bits per heavy atom. The lowest BCUT2D eigenvalue weighted by molar-refractivity contribution is -0.287. The highest BCUT2D eigenvalue weighted by atomic mass is 16.7. The van der Waals surface area contributed by atoms with Gasteiger partial charge in [0.1, 0.15) is 43.7 Å². The summed E-state index contributed by atoms with van der Waals surface area (Å²) in [6.07, 6.45) is -8.68. The van der Waals surface area contributed by atoms with E-state index < -0.39 is 55.4 Å². The fourth-order valence-corrected chi connectivity index (χ4v) is 2.71. The molecule has 0 radical (unpaired) electrons. The molecule has 0 spiro atoms. The zero-order chi connectivity index (χ0) is 21.6. The Labute approximate surface area is 168 Å². The number of aliphatic hydroxyl groups excluding tert-OH is 4. The van der Waals surface area contributed by atoms with Crippen LogP contribution in [0.4, 0.5) is 4.79 Å². The van der Waals surface area contributed by atoms with Crippen LogP contribution in [0, 0.1) is 5.92 Å². The fraction of sp³-hybridized carbons (Fsp3) is 0.579. The number of alkyl carbamates (subject to hydrolysis) is 1. The number of esters is 1. The van der Waals surface area contributed by atoms with E-state index in [4.69, 9.17) is 14.2 Å². The lowest BCUT2D eigenvalue weighted by atomic mass is 9.99. The van der Waals surface area contributed by atoms with Gasteiger partial charge in [0.05, 0.1) is 0 Å². The monoisotopic (exact) mass is 413 g/mol. The molecule has 1 aromatic rings. The first-order valence-corrected chi connectivity index (χ1v) is 9.22. The minimum Gasteiger partial charge on any atom is -0.461 e. The van der Waals surface area contributed by atoms with Gasteiger partial charge in [-0.25, -0.2) is 9.59 Å². The molecule has 29 heavy (non-hydrogen) atoms. The quantitative estimate of drug-likeness (QED) is 0.364. The van der Waals surface area contributed by atoms with Crippen molar-refractivity contribution < 1.29 is 44.2 Å². The van der Waals surface area contributed by atoms with Crippen molar-refractivity contribution in [2.24, 2.45) is 5.92 Å². The molecule has 2 rings (SSSR count). The molecule has 3 unspecified atom stereocenters. The number of hydrogen-bond acceptors (Lipinski definition) is 9. The molecule has 5 N–H and O–H groups in total. The highest BCUT2D eigenvalue weighted by molar-refractivity contribution is 5.81. The van der Waals surface area contributed by atoms with Crippen LogP contribution in [0.3, 0.4) is 0 Å². The summed E-state index contributed by atoms with van der Waals surface area (Å²) in [6, 6.07) is 7.99. The number of ether oxygens (including phenoxy) is 3. The van der Waals surface area contributed by atoms with Crippen LogP contribution in [-0.4, -0.2) is 75.8 Å². The summed E-state index contributed by atoms with van der Waals surface area (Å²) in [7, 11) is 0. The minimum absolute atomic E-state index is 0.0345. The average molecular weight is 413 g/mol. The van der Waals surface area contributed by atoms with Gasteiger partial charge in [-0.1, -0.05) is 44.2 Å². The molecule has 1 fully saturated rings. The summed E-state index contributed by atoms with van der Waals surface area (Å²) in [5, 5.41) is 40.9. The van der Waals surface area contributed by atoms with E-state index in [-0.39, 0.29) is 12.5 Å². The van der Waals surface area contributed by atoms with Gasteiger partial charge in [0.25, 0.3) is 0 Å². The van der Waals surface area contributed by atoms with Crippen LogP contribution in [0.5, 0.6) is 0 Å². The Hall–Kier alpha value is -2.24. The van der Waals surface area contributed by atoms with E-state index in [1.54, 1.807) is 38.1 Å². The van der Waals surface area contributed by atoms with Gasteiger partial charge in [-0.05, 0) is 11.5 Å². The van der Waals surface area contributed by atoms with Crippen molar-refractivity contribution in [2.75, 3.05) is 6.61 Å². The summed E-state index contributed by atoms with van der Waals surface area (Å²) in [5.41, 5.74) is 0.786. The van der Waals surface area contributed by atoms with Crippen LogP contribution in [0.15, 0.2) is 30.3 Å². The molecule has 1 aromatic carbocycles. The molecule has 1 heterocycles. The zero-order valence-electron chi connectivity index (χ0n) is 16.2. The lowest BCUT2D eigenvalue weighted by Crippen LogP contribution is -2.59. The molecule has 1 aliphatic rings. The van der Waals surface area contributed by atoms with E-state index in [1.165, 1.54) is 0 Å². The molecule has 0 aliphatic carbocycles. The van der Waals surface area contributed by atoms with Gasteiger partial charge < -0.3 is 40.0 Å². The van der Waals surface area contributed by atoms with Crippen LogP contribution in [-0.2, 0) is 25.6 Å². The predicted molar refractivity (Wildman–Crippen MR) is 98.2 cm³/mol. The van der Waals surface area contributed by atoms with Crippen molar-refractivity contribution in [2.45, 2.75) is 57.2 Å². The van der Waals surface area contributed by atoms with Crippen molar-refractivity contribution in [1.29, 1.82) is 0 Å². The molecular formula is C19H27NO9. The summed E-state index contributed by atoms with van der Waals surface area (Å²) < 4.78 is 15.1. The normalized spacial score (nSPS) is 27.9. The van der Waals surface area contributed by atoms with Gasteiger partial charge in [-0.3, -0.25) is 0 Å². The maximum absolute atomic E-state index is 12.4. The maximum Gasteiger partial charge on any atom is 0.408 e. The van der Waals surface area contributed by atoms with Gasteiger partial charge in [0.2, 0.25) is 0 Å². The van der Waals surface area contributed by atoms with Crippen LogP contribution >= 0.6 is 0 Å². The predicted octanol–water partition coefficient (Wildman–Crippen LogP) is -0.719. The third kappa shape index (κ3) is 6.38. The van der Waals surface area contributed by atoms with Crippen LogP contribution < -0.4 is 5.32 Å². The maximum atomic E-state index is 12.4. The van der Waals surface area contributed by atoms with E-state index in [0.29, 0.717) is 0 Å². The molecule has 0 aromatic heterocycles. The lowest BCUT2D eigenvalue weighted by Gasteiger charge is -2.38. The largest absolute Gasteiger partial charge is 0.461 e. The van der Waals surface area contributed by atoms with Gasteiger partial charge in [-0.15, -0.1) is 0 Å². The van der Waals surface area contributed by atoms with E-state index in [1.807, 2.05) is 6.07 Å². The van der Waals surface area contributed by atoms with Gasteiger partial charge >= 0.3 is 12.1 Å². The molecule has 162 valence electrons. The van der Waals surface area contributed by atoms with E-state index in [0.717, 1.165) is 5.56 Å². The Morgan fingerprint density at radius 3 is 2.31 bits per heavy atom. The summed E-state index contributed by atoms with van der Waals surface area (Å²) >= 11 is 0. The Morgan fingerprint density at radius 1 is 1.03 bits per heavy atom. The molecule has 0 saturated carbocycles. The number of nitrogens with one attached hydrogen (secondary N) is 1. The van der Waals surface area contributed by atoms with Gasteiger partial charge in [0, 0.05) is 0 Å². The van der Waals surface area contributed by atoms with Crippen LogP contribution in [0.1, 0.15) is 19.4 Å². The van der Waals surface area contributed by atoms with Crippen LogP contribution in [0.25, 0.3) is 0 Å². The topological polar surface area (TPSA) is 155 Å². The zero-order valence-corrected chi connectivity index (χ0v) is 16.2. The number of aliphatic hydroxyl groups is 4. The molecule has 0 bridgehead atoms. The molecule has 1 aliphatic heterocycles. The van der Waals surface area contributed by atoms with E-state index in [2.05, 4.69) is 5.32 Å². The first-order chi connectivity index (χ1) is 13.7. The summed E-state index contributed by atoms with van der Waals surface area (Å²) in [6.45, 7) is 2.93. The number of carbonyl (C=O) groups is 2. The second kappa shape index (κ2) is 10.5. The Balaban J connectivity index is 1.86. The summed E-state index contributed by atoms with van der Waals surface area (Å²) in [4.78, 5) is 24.4. The van der Waals surface area contributed by atoms with Crippen molar-refractivity contribution in [1.82, 2.24) is 5.32 Å². The van der Waals surface area contributed by atoms with Crippen molar-refractivity contribution in [3.63, 3.8) is 0 Å². The molecule has 1 amide bonds. The highest BCUT2D eigenvalue weighted by Crippen LogP contribution is 2.20. The first-order valence-electron chi connectivity index (χ1n) is 9.22. The number of rotatable bonds is 7. The van der Waals surface area contributed by atoms with Crippen molar-refractivity contribution in [3.8, 4) is 0 Å². The molecule has 10 heteroatoms. The molecule has 1 saturated heterocycles. The minimum atomic E-state index is -1.73. The number of benzene rings is 1. The number of carbonyl (C=O) groups excluding carboxylic acids is 2. The van der Waals surface area contributed by atoms with Crippen molar-refractivity contribution in [3.05, 3.63) is 35.9 Å².